The highest BCUT2D eigenvalue weighted by Gasteiger charge is 2.07. The van der Waals surface area contributed by atoms with E-state index in [2.05, 4.69) is 5.32 Å². The van der Waals surface area contributed by atoms with Gasteiger partial charge in [-0.3, -0.25) is 9.59 Å². The molecule has 1 aromatic rings. The van der Waals surface area contributed by atoms with E-state index in [1.807, 2.05) is 13.8 Å². The van der Waals surface area contributed by atoms with Gasteiger partial charge >= 0.3 is 5.97 Å². The van der Waals surface area contributed by atoms with Gasteiger partial charge < -0.3 is 15.2 Å². The minimum Gasteiger partial charge on any atom is -0.493 e. The summed E-state index contributed by atoms with van der Waals surface area (Å²) >= 11 is 0. The summed E-state index contributed by atoms with van der Waals surface area (Å²) < 4.78 is 5.47. The molecule has 0 saturated carbocycles. The van der Waals surface area contributed by atoms with Crippen LogP contribution in [0.5, 0.6) is 5.75 Å². The Morgan fingerprint density at radius 3 is 2.39 bits per heavy atom. The van der Waals surface area contributed by atoms with Crippen LogP contribution >= 0.6 is 0 Å². The Labute approximate surface area is 106 Å². The molecule has 18 heavy (non-hydrogen) atoms. The van der Waals surface area contributed by atoms with Crippen molar-refractivity contribution in [2.45, 2.75) is 13.8 Å². The van der Waals surface area contributed by atoms with Gasteiger partial charge in [0, 0.05) is 5.56 Å². The molecular formula is C13H17NO4. The molecule has 0 aliphatic carbocycles. The Bertz CT molecular complexity index is 412. The maximum absolute atomic E-state index is 11.5. The van der Waals surface area contributed by atoms with Crippen molar-refractivity contribution in [1.82, 2.24) is 5.32 Å². The minimum atomic E-state index is -1.07. The lowest BCUT2D eigenvalue weighted by Gasteiger charge is -2.09. The van der Waals surface area contributed by atoms with Gasteiger partial charge in [-0.05, 0) is 30.2 Å². The van der Waals surface area contributed by atoms with Gasteiger partial charge in [-0.25, -0.2) is 0 Å². The maximum atomic E-state index is 11.5. The van der Waals surface area contributed by atoms with E-state index in [-0.39, 0.29) is 6.54 Å². The Kier molecular flexibility index (Phi) is 5.17. The number of ether oxygens (including phenoxy) is 1. The van der Waals surface area contributed by atoms with Crippen LogP contribution in [0.1, 0.15) is 24.2 Å². The van der Waals surface area contributed by atoms with Gasteiger partial charge in [-0.1, -0.05) is 13.8 Å². The first kappa shape index (κ1) is 14.0. The molecular weight excluding hydrogens is 234 g/mol. The number of hydrogen-bond donors (Lipinski definition) is 2. The van der Waals surface area contributed by atoms with Gasteiger partial charge in [0.15, 0.2) is 0 Å². The van der Waals surface area contributed by atoms with Crippen LogP contribution < -0.4 is 10.1 Å². The van der Waals surface area contributed by atoms with Crippen LogP contribution in [0.4, 0.5) is 0 Å². The summed E-state index contributed by atoms with van der Waals surface area (Å²) in [5.74, 6) is -0.352. The summed E-state index contributed by atoms with van der Waals surface area (Å²) in [7, 11) is 0. The lowest BCUT2D eigenvalue weighted by molar-refractivity contribution is -0.135. The lowest BCUT2D eigenvalue weighted by Crippen LogP contribution is -2.29. The second-order valence-corrected chi connectivity index (χ2v) is 4.31. The molecule has 1 aromatic carbocycles. The summed E-state index contributed by atoms with van der Waals surface area (Å²) in [5, 5.41) is 10.7. The number of hydrogen-bond acceptors (Lipinski definition) is 3. The van der Waals surface area contributed by atoms with E-state index in [0.717, 1.165) is 0 Å². The van der Waals surface area contributed by atoms with E-state index < -0.39 is 11.9 Å². The van der Waals surface area contributed by atoms with E-state index >= 15 is 0 Å². The number of carboxylic acids is 1. The van der Waals surface area contributed by atoms with Crippen molar-refractivity contribution in [1.29, 1.82) is 0 Å². The van der Waals surface area contributed by atoms with E-state index in [1.54, 1.807) is 24.3 Å². The Hall–Kier alpha value is -2.04. The second kappa shape index (κ2) is 6.64. The number of carbonyl (C=O) groups excluding carboxylic acids is 1. The number of carboxylic acid groups (broad SMARTS) is 1. The van der Waals surface area contributed by atoms with Crippen LogP contribution in [0.15, 0.2) is 24.3 Å². The molecule has 0 spiro atoms. The highest BCUT2D eigenvalue weighted by molar-refractivity contribution is 5.95. The lowest BCUT2D eigenvalue weighted by atomic mass is 10.2. The maximum Gasteiger partial charge on any atom is 0.322 e. The van der Waals surface area contributed by atoms with Crippen molar-refractivity contribution < 1.29 is 19.4 Å². The van der Waals surface area contributed by atoms with Crippen molar-refractivity contribution in [3.63, 3.8) is 0 Å². The van der Waals surface area contributed by atoms with Gasteiger partial charge in [0.05, 0.1) is 6.61 Å². The van der Waals surface area contributed by atoms with Crippen molar-refractivity contribution in [3.05, 3.63) is 29.8 Å². The molecule has 2 N–H and O–H groups in total. The van der Waals surface area contributed by atoms with Crippen LogP contribution in [0.2, 0.25) is 0 Å². The molecule has 98 valence electrons. The fourth-order valence-corrected chi connectivity index (χ4v) is 1.22. The molecule has 0 heterocycles. The van der Waals surface area contributed by atoms with Gasteiger partial charge in [0.2, 0.25) is 0 Å². The first-order chi connectivity index (χ1) is 8.49. The Morgan fingerprint density at radius 2 is 1.89 bits per heavy atom. The first-order valence-electron chi connectivity index (χ1n) is 5.72. The largest absolute Gasteiger partial charge is 0.493 e. The molecule has 0 fully saturated rings. The van der Waals surface area contributed by atoms with Gasteiger partial charge in [0.1, 0.15) is 12.3 Å². The van der Waals surface area contributed by atoms with Crippen LogP contribution in [-0.2, 0) is 4.79 Å². The number of nitrogens with one attached hydrogen (secondary N) is 1. The first-order valence-corrected chi connectivity index (χ1v) is 5.72. The number of benzene rings is 1. The smallest absolute Gasteiger partial charge is 0.322 e. The molecule has 0 aliphatic rings. The summed E-state index contributed by atoms with van der Waals surface area (Å²) in [6.45, 7) is 4.33. The zero-order valence-corrected chi connectivity index (χ0v) is 10.5. The van der Waals surface area contributed by atoms with Crippen LogP contribution in [0.25, 0.3) is 0 Å². The van der Waals surface area contributed by atoms with Gasteiger partial charge in [-0.15, -0.1) is 0 Å². The normalized spacial score (nSPS) is 10.2. The molecule has 1 rings (SSSR count). The third-order valence-electron chi connectivity index (χ3n) is 2.10. The van der Waals surface area contributed by atoms with Crippen LogP contribution in [0.3, 0.4) is 0 Å². The second-order valence-electron chi connectivity index (χ2n) is 4.31. The summed E-state index contributed by atoms with van der Waals surface area (Å²) in [4.78, 5) is 21.8. The summed E-state index contributed by atoms with van der Waals surface area (Å²) in [6, 6.07) is 6.59. The molecule has 0 saturated heterocycles. The molecule has 0 unspecified atom stereocenters. The highest BCUT2D eigenvalue weighted by Crippen LogP contribution is 2.13. The molecule has 0 radical (unpaired) electrons. The van der Waals surface area contributed by atoms with Crippen LogP contribution in [-0.4, -0.2) is 30.1 Å². The Balaban J connectivity index is 2.53. The molecule has 5 nitrogen and oxygen atoms in total. The van der Waals surface area contributed by atoms with E-state index in [4.69, 9.17) is 9.84 Å². The monoisotopic (exact) mass is 251 g/mol. The van der Waals surface area contributed by atoms with Crippen molar-refractivity contribution in [2.24, 2.45) is 5.92 Å². The molecule has 1 amide bonds. The van der Waals surface area contributed by atoms with Crippen LogP contribution in [0, 0.1) is 5.92 Å². The van der Waals surface area contributed by atoms with Crippen molar-refractivity contribution in [3.8, 4) is 5.75 Å². The average molecular weight is 251 g/mol. The molecule has 5 heteroatoms. The zero-order chi connectivity index (χ0) is 13.5. The van der Waals surface area contributed by atoms with Crippen molar-refractivity contribution in [2.75, 3.05) is 13.2 Å². The SMILES string of the molecule is CC(C)COc1ccc(C(=O)NCC(=O)O)cc1. The fourth-order valence-electron chi connectivity index (χ4n) is 1.22. The van der Waals surface area contributed by atoms with E-state index in [1.165, 1.54) is 0 Å². The highest BCUT2D eigenvalue weighted by atomic mass is 16.5. The summed E-state index contributed by atoms with van der Waals surface area (Å²) in [5.41, 5.74) is 0.410. The van der Waals surface area contributed by atoms with E-state index in [9.17, 15) is 9.59 Å². The summed E-state index contributed by atoms with van der Waals surface area (Å²) in [6.07, 6.45) is 0. The number of carbonyl (C=O) groups is 2. The minimum absolute atomic E-state index is 0.384. The molecule has 0 bridgehead atoms. The molecule has 0 aliphatic heterocycles. The topological polar surface area (TPSA) is 75.6 Å². The van der Waals surface area contributed by atoms with Crippen molar-refractivity contribution >= 4 is 11.9 Å². The number of rotatable bonds is 6. The Morgan fingerprint density at radius 1 is 1.28 bits per heavy atom. The number of amides is 1. The molecule has 0 atom stereocenters. The standard InChI is InChI=1S/C13H17NO4/c1-9(2)8-18-11-5-3-10(4-6-11)13(17)14-7-12(15)16/h3-6,9H,7-8H2,1-2H3,(H,14,17)(H,15,16). The average Bonchev–Trinajstić information content (AvgIpc) is 2.34. The number of aliphatic carboxylic acids is 1. The quantitative estimate of drug-likeness (QED) is 0.804. The van der Waals surface area contributed by atoms with Gasteiger partial charge in [0.25, 0.3) is 5.91 Å². The predicted molar refractivity (Wildman–Crippen MR) is 66.7 cm³/mol. The zero-order valence-electron chi connectivity index (χ0n) is 10.5. The van der Waals surface area contributed by atoms with Gasteiger partial charge in [-0.2, -0.15) is 0 Å². The predicted octanol–water partition coefficient (Wildman–Crippen LogP) is 1.54. The van der Waals surface area contributed by atoms with E-state index in [0.29, 0.717) is 23.8 Å². The fraction of sp³-hybridized carbons (Fsp3) is 0.385. The third kappa shape index (κ3) is 4.86. The molecule has 0 aromatic heterocycles. The third-order valence-corrected chi connectivity index (χ3v) is 2.10.